The Labute approximate surface area is 159 Å². The van der Waals surface area contributed by atoms with Crippen molar-refractivity contribution in [2.75, 3.05) is 32.0 Å². The quantitative estimate of drug-likeness (QED) is 0.781. The second-order valence-electron chi connectivity index (χ2n) is 6.67. The van der Waals surface area contributed by atoms with Crippen LogP contribution in [0.5, 0.6) is 0 Å². The number of hydrogen-bond donors (Lipinski definition) is 2. The molecule has 0 aliphatic carbocycles. The van der Waals surface area contributed by atoms with Crippen LogP contribution in [0.1, 0.15) is 40.8 Å². The van der Waals surface area contributed by atoms with E-state index in [1.54, 1.807) is 36.7 Å². The summed E-state index contributed by atoms with van der Waals surface area (Å²) in [6, 6.07) is 3.59. The van der Waals surface area contributed by atoms with Gasteiger partial charge in [-0.1, -0.05) is 6.92 Å². The van der Waals surface area contributed by atoms with E-state index in [1.807, 2.05) is 0 Å². The zero-order valence-corrected chi connectivity index (χ0v) is 16.3. The van der Waals surface area contributed by atoms with Crippen molar-refractivity contribution < 1.29 is 4.79 Å². The van der Waals surface area contributed by atoms with E-state index in [0.717, 1.165) is 45.4 Å². The van der Waals surface area contributed by atoms with Gasteiger partial charge in [0.15, 0.2) is 0 Å². The lowest BCUT2D eigenvalue weighted by Gasteiger charge is -2.31. The molecular formula is C19H27N5OS. The summed E-state index contributed by atoms with van der Waals surface area (Å²) in [7, 11) is 1.64. The van der Waals surface area contributed by atoms with Gasteiger partial charge in [-0.25, -0.2) is 9.97 Å². The number of carbonyl (C=O) groups is 1. The van der Waals surface area contributed by atoms with Crippen molar-refractivity contribution in [2.45, 2.75) is 32.7 Å². The van der Waals surface area contributed by atoms with Crippen molar-refractivity contribution in [1.82, 2.24) is 20.2 Å². The molecule has 0 spiro atoms. The van der Waals surface area contributed by atoms with Crippen LogP contribution in [0.4, 0.5) is 5.82 Å². The second kappa shape index (κ2) is 9.09. The van der Waals surface area contributed by atoms with Gasteiger partial charge >= 0.3 is 0 Å². The van der Waals surface area contributed by atoms with Crippen LogP contribution in [0.25, 0.3) is 0 Å². The van der Waals surface area contributed by atoms with Crippen molar-refractivity contribution in [3.63, 3.8) is 0 Å². The predicted octanol–water partition coefficient (Wildman–Crippen LogP) is 2.78. The topological polar surface area (TPSA) is 70.2 Å². The van der Waals surface area contributed by atoms with Gasteiger partial charge in [0.25, 0.3) is 5.91 Å². The highest BCUT2D eigenvalue weighted by molar-refractivity contribution is 7.09. The van der Waals surface area contributed by atoms with Gasteiger partial charge in [0.2, 0.25) is 0 Å². The van der Waals surface area contributed by atoms with Gasteiger partial charge in [0.1, 0.15) is 5.82 Å². The fraction of sp³-hybridized carbons (Fsp3) is 0.526. The minimum Gasteiger partial charge on any atom is -0.369 e. The van der Waals surface area contributed by atoms with Crippen LogP contribution in [-0.2, 0) is 13.0 Å². The highest BCUT2D eigenvalue weighted by Gasteiger charge is 2.20. The largest absolute Gasteiger partial charge is 0.369 e. The smallest absolute Gasteiger partial charge is 0.254 e. The summed E-state index contributed by atoms with van der Waals surface area (Å²) in [6.45, 7) is 6.15. The normalized spacial score (nSPS) is 15.8. The molecule has 3 rings (SSSR count). The molecule has 1 saturated heterocycles. The molecular weight excluding hydrogens is 346 g/mol. The van der Waals surface area contributed by atoms with Gasteiger partial charge in [0.05, 0.1) is 16.3 Å². The van der Waals surface area contributed by atoms with Crippen LogP contribution in [0, 0.1) is 5.92 Å². The van der Waals surface area contributed by atoms with Crippen LogP contribution in [-0.4, -0.2) is 47.5 Å². The number of rotatable bonds is 7. The average molecular weight is 374 g/mol. The number of carbonyl (C=O) groups excluding carboxylic acids is 1. The third kappa shape index (κ3) is 4.80. The fourth-order valence-electron chi connectivity index (χ4n) is 3.27. The van der Waals surface area contributed by atoms with Crippen molar-refractivity contribution in [3.05, 3.63) is 40.0 Å². The maximum absolute atomic E-state index is 11.9. The molecule has 1 amide bonds. The number of thiazole rings is 1. The maximum atomic E-state index is 11.9. The third-order valence-electron chi connectivity index (χ3n) is 4.83. The Bertz CT molecular complexity index is 724. The number of hydrogen-bond acceptors (Lipinski definition) is 6. The van der Waals surface area contributed by atoms with Crippen molar-refractivity contribution >= 4 is 23.1 Å². The summed E-state index contributed by atoms with van der Waals surface area (Å²) in [4.78, 5) is 23.4. The first-order valence-corrected chi connectivity index (χ1v) is 10.1. The molecule has 2 aromatic heterocycles. The number of nitrogens with zero attached hydrogens (tertiary/aromatic N) is 3. The first-order valence-electron chi connectivity index (χ1n) is 9.26. The lowest BCUT2D eigenvalue weighted by Crippen LogP contribution is -2.35. The summed E-state index contributed by atoms with van der Waals surface area (Å²) in [5.74, 6) is 1.17. The number of aryl methyl sites for hydroxylation is 1. The first kappa shape index (κ1) is 18.8. The number of anilines is 1. The van der Waals surface area contributed by atoms with Crippen LogP contribution in [0.3, 0.4) is 0 Å². The zero-order chi connectivity index (χ0) is 18.4. The lowest BCUT2D eigenvalue weighted by atomic mass is 9.96. The molecule has 2 N–H and O–H groups in total. The van der Waals surface area contributed by atoms with E-state index in [4.69, 9.17) is 0 Å². The van der Waals surface area contributed by atoms with Crippen molar-refractivity contribution in [3.8, 4) is 0 Å². The molecule has 1 fully saturated rings. The molecule has 1 aliphatic heterocycles. The zero-order valence-electron chi connectivity index (χ0n) is 15.5. The van der Waals surface area contributed by atoms with Crippen LogP contribution >= 0.6 is 11.3 Å². The molecule has 6 nitrogen and oxygen atoms in total. The number of likely N-dealkylation sites (tertiary alicyclic amines) is 1. The number of piperidine rings is 1. The highest BCUT2D eigenvalue weighted by atomic mass is 32.1. The molecule has 0 aromatic carbocycles. The van der Waals surface area contributed by atoms with Crippen LogP contribution < -0.4 is 10.6 Å². The Balaban J connectivity index is 1.46. The Hall–Kier alpha value is -1.99. The average Bonchev–Trinajstić information content (AvgIpc) is 3.14. The third-order valence-corrected chi connectivity index (χ3v) is 5.87. The molecule has 0 unspecified atom stereocenters. The molecule has 26 heavy (non-hydrogen) atoms. The Morgan fingerprint density at radius 2 is 2.19 bits per heavy atom. The minimum atomic E-state index is -0.106. The minimum absolute atomic E-state index is 0.106. The first-order chi connectivity index (χ1) is 12.7. The van der Waals surface area contributed by atoms with E-state index in [-0.39, 0.29) is 5.91 Å². The van der Waals surface area contributed by atoms with Gasteiger partial charge in [-0.15, -0.1) is 11.3 Å². The van der Waals surface area contributed by atoms with Gasteiger partial charge in [-0.3, -0.25) is 9.69 Å². The van der Waals surface area contributed by atoms with E-state index < -0.39 is 0 Å². The van der Waals surface area contributed by atoms with Crippen molar-refractivity contribution in [2.24, 2.45) is 5.92 Å². The fourth-order valence-corrected chi connectivity index (χ4v) is 4.00. The summed E-state index contributed by atoms with van der Waals surface area (Å²) in [6.07, 6.45) is 5.04. The lowest BCUT2D eigenvalue weighted by molar-refractivity contribution is 0.0963. The number of pyridine rings is 1. The second-order valence-corrected chi connectivity index (χ2v) is 7.61. The Morgan fingerprint density at radius 3 is 2.88 bits per heavy atom. The number of amides is 1. The summed E-state index contributed by atoms with van der Waals surface area (Å²) >= 11 is 1.76. The molecule has 0 radical (unpaired) electrons. The van der Waals surface area contributed by atoms with E-state index in [1.165, 1.54) is 10.7 Å². The van der Waals surface area contributed by atoms with Gasteiger partial charge < -0.3 is 10.6 Å². The Morgan fingerprint density at radius 1 is 1.38 bits per heavy atom. The van der Waals surface area contributed by atoms with Crippen molar-refractivity contribution in [1.29, 1.82) is 0 Å². The monoisotopic (exact) mass is 373 g/mol. The molecule has 3 heterocycles. The van der Waals surface area contributed by atoms with E-state index >= 15 is 0 Å². The molecule has 7 heteroatoms. The summed E-state index contributed by atoms with van der Waals surface area (Å²) in [5.41, 5.74) is 1.80. The highest BCUT2D eigenvalue weighted by Crippen LogP contribution is 2.21. The van der Waals surface area contributed by atoms with Crippen LogP contribution in [0.2, 0.25) is 0 Å². The van der Waals surface area contributed by atoms with E-state index in [0.29, 0.717) is 17.3 Å². The molecule has 0 bridgehead atoms. The standard InChI is InChI=1S/C19H27N5OS/c1-3-17-23-15(13-26-17)12-24-9-6-14(7-10-24)11-22-18-16(19(25)20-2)5-4-8-21-18/h4-5,8,13-14H,3,6-7,9-12H2,1-2H3,(H,20,25)(H,21,22). The van der Waals surface area contributed by atoms with Gasteiger partial charge in [-0.05, 0) is 50.4 Å². The van der Waals surface area contributed by atoms with E-state index in [2.05, 4.69) is 37.8 Å². The van der Waals surface area contributed by atoms with Gasteiger partial charge in [-0.2, -0.15) is 0 Å². The molecule has 0 atom stereocenters. The summed E-state index contributed by atoms with van der Waals surface area (Å²) in [5, 5.41) is 9.45. The van der Waals surface area contributed by atoms with Gasteiger partial charge in [0, 0.05) is 31.7 Å². The van der Waals surface area contributed by atoms with Crippen LogP contribution in [0.15, 0.2) is 23.7 Å². The molecule has 2 aromatic rings. The molecule has 0 saturated carbocycles. The summed E-state index contributed by atoms with van der Waals surface area (Å²) < 4.78 is 0. The molecule has 140 valence electrons. The molecule has 1 aliphatic rings. The predicted molar refractivity (Wildman–Crippen MR) is 106 cm³/mol. The van der Waals surface area contributed by atoms with E-state index in [9.17, 15) is 4.79 Å². The SMILES string of the molecule is CCc1nc(CN2CCC(CNc3ncccc3C(=O)NC)CC2)cs1. The maximum Gasteiger partial charge on any atom is 0.254 e. The number of nitrogens with one attached hydrogen (secondary N) is 2. The number of aromatic nitrogens is 2. The Kier molecular flexibility index (Phi) is 6.57.